The lowest BCUT2D eigenvalue weighted by atomic mass is 9.95. The highest BCUT2D eigenvalue weighted by atomic mass is 16.5. The molecule has 0 spiro atoms. The standard InChI is InChI=1S/C26H22N2O5/c27-26(32)25(31)23-22(16-10-11-16)19(13-17-7-3-6-15-5-1-2-8-18(15)17)28-12-4-9-20(24(23)28)33-14-21(29)30/h1-9,12,16H,10-11,13-14H2,(H2,27,32)(H,29,30). The fourth-order valence-electron chi connectivity index (χ4n) is 4.59. The number of nitrogens with two attached hydrogens (primary N) is 1. The number of carbonyl (C=O) groups is 3. The molecule has 33 heavy (non-hydrogen) atoms. The number of carboxylic acid groups (broad SMARTS) is 1. The summed E-state index contributed by atoms with van der Waals surface area (Å²) >= 11 is 0. The minimum Gasteiger partial charge on any atom is -0.480 e. The highest BCUT2D eigenvalue weighted by Crippen LogP contribution is 2.47. The second-order valence-electron chi connectivity index (χ2n) is 8.29. The molecule has 1 aliphatic carbocycles. The van der Waals surface area contributed by atoms with Crippen molar-refractivity contribution in [3.05, 3.63) is 83.2 Å². The Kier molecular flexibility index (Phi) is 5.09. The summed E-state index contributed by atoms with van der Waals surface area (Å²) in [4.78, 5) is 36.1. The SMILES string of the molecule is NC(=O)C(=O)c1c(C2CC2)c(Cc2cccc3ccccc23)n2cccc(OCC(=O)O)c12. The Morgan fingerprint density at radius 3 is 2.52 bits per heavy atom. The van der Waals surface area contributed by atoms with Crippen LogP contribution in [0.25, 0.3) is 16.3 Å². The molecule has 0 aliphatic heterocycles. The van der Waals surface area contributed by atoms with Crippen molar-refractivity contribution < 1.29 is 24.2 Å². The molecule has 1 amide bonds. The molecule has 1 fully saturated rings. The average Bonchev–Trinajstić information content (AvgIpc) is 3.60. The number of carbonyl (C=O) groups excluding carboxylic acids is 2. The maximum Gasteiger partial charge on any atom is 0.341 e. The molecule has 1 saturated carbocycles. The first-order valence-electron chi connectivity index (χ1n) is 10.8. The van der Waals surface area contributed by atoms with Crippen molar-refractivity contribution in [2.75, 3.05) is 6.61 Å². The van der Waals surface area contributed by atoms with Gasteiger partial charge >= 0.3 is 5.97 Å². The van der Waals surface area contributed by atoms with Gasteiger partial charge in [-0.2, -0.15) is 0 Å². The molecule has 0 bridgehead atoms. The monoisotopic (exact) mass is 442 g/mol. The van der Waals surface area contributed by atoms with Gasteiger partial charge in [0.25, 0.3) is 11.7 Å². The summed E-state index contributed by atoms with van der Waals surface area (Å²) in [5, 5.41) is 11.3. The number of primary amides is 1. The molecule has 0 radical (unpaired) electrons. The van der Waals surface area contributed by atoms with Gasteiger partial charge in [-0.3, -0.25) is 9.59 Å². The molecule has 5 rings (SSSR count). The normalized spacial score (nSPS) is 13.3. The molecule has 7 nitrogen and oxygen atoms in total. The fourth-order valence-corrected chi connectivity index (χ4v) is 4.59. The Hall–Kier alpha value is -4.13. The molecule has 2 aromatic heterocycles. The number of carboxylic acids is 1. The number of ether oxygens (including phenoxy) is 1. The molecule has 4 aromatic rings. The zero-order chi connectivity index (χ0) is 23.1. The van der Waals surface area contributed by atoms with Crippen molar-refractivity contribution in [2.45, 2.75) is 25.2 Å². The average molecular weight is 442 g/mol. The van der Waals surface area contributed by atoms with E-state index in [1.54, 1.807) is 12.1 Å². The molecule has 2 heterocycles. The van der Waals surface area contributed by atoms with Gasteiger partial charge in [0.05, 0.1) is 11.1 Å². The topological polar surface area (TPSA) is 111 Å². The number of aromatic nitrogens is 1. The van der Waals surface area contributed by atoms with Crippen LogP contribution in [0.2, 0.25) is 0 Å². The number of ketones is 1. The van der Waals surface area contributed by atoms with Gasteiger partial charge in [-0.05, 0) is 52.8 Å². The Morgan fingerprint density at radius 2 is 1.79 bits per heavy atom. The largest absolute Gasteiger partial charge is 0.480 e. The van der Waals surface area contributed by atoms with Gasteiger partial charge < -0.3 is 20.0 Å². The highest BCUT2D eigenvalue weighted by molar-refractivity contribution is 6.44. The minimum atomic E-state index is -1.13. The van der Waals surface area contributed by atoms with Gasteiger partial charge in [-0.15, -0.1) is 0 Å². The summed E-state index contributed by atoms with van der Waals surface area (Å²) in [6.45, 7) is -0.563. The van der Waals surface area contributed by atoms with E-state index in [1.165, 1.54) is 0 Å². The van der Waals surface area contributed by atoms with Crippen LogP contribution < -0.4 is 10.5 Å². The lowest BCUT2D eigenvalue weighted by Crippen LogP contribution is -2.24. The van der Waals surface area contributed by atoms with Crippen LogP contribution in [0.4, 0.5) is 0 Å². The number of hydrogen-bond donors (Lipinski definition) is 2. The smallest absolute Gasteiger partial charge is 0.341 e. The first kappa shape index (κ1) is 20.8. The molecule has 1 aliphatic rings. The maximum atomic E-state index is 13.0. The lowest BCUT2D eigenvalue weighted by Gasteiger charge is -2.11. The van der Waals surface area contributed by atoms with Crippen LogP contribution in [0.15, 0.2) is 60.8 Å². The Morgan fingerprint density at radius 1 is 1.03 bits per heavy atom. The van der Waals surface area contributed by atoms with E-state index in [0.29, 0.717) is 11.9 Å². The summed E-state index contributed by atoms with van der Waals surface area (Å²) < 4.78 is 7.37. The third-order valence-corrected chi connectivity index (χ3v) is 6.09. The number of fused-ring (bicyclic) bond motifs is 2. The number of benzene rings is 2. The molecule has 0 atom stereocenters. The zero-order valence-electron chi connectivity index (χ0n) is 17.8. The number of rotatable bonds is 8. The Balaban J connectivity index is 1.77. The molecule has 3 N–H and O–H groups in total. The summed E-state index contributed by atoms with van der Waals surface area (Å²) in [5.41, 5.74) is 8.81. The van der Waals surface area contributed by atoms with Crippen molar-refractivity contribution >= 4 is 33.9 Å². The van der Waals surface area contributed by atoms with Gasteiger partial charge in [0.15, 0.2) is 6.61 Å². The lowest BCUT2D eigenvalue weighted by molar-refractivity contribution is -0.139. The molecule has 7 heteroatoms. The highest BCUT2D eigenvalue weighted by Gasteiger charge is 2.37. The van der Waals surface area contributed by atoms with Crippen LogP contribution in [-0.2, 0) is 16.0 Å². The van der Waals surface area contributed by atoms with Gasteiger partial charge in [0.2, 0.25) is 0 Å². The third-order valence-electron chi connectivity index (χ3n) is 6.09. The van der Waals surface area contributed by atoms with Crippen molar-refractivity contribution in [3.8, 4) is 5.75 Å². The number of hydrogen-bond acceptors (Lipinski definition) is 4. The number of Topliss-reactive ketones (excluding diaryl/α,β-unsaturated/α-hetero) is 1. The number of aliphatic carboxylic acids is 1. The van der Waals surface area contributed by atoms with E-state index in [9.17, 15) is 14.4 Å². The molecular weight excluding hydrogens is 420 g/mol. The van der Waals surface area contributed by atoms with E-state index in [4.69, 9.17) is 15.6 Å². The predicted octanol–water partition coefficient (Wildman–Crippen LogP) is 3.69. The van der Waals surface area contributed by atoms with Crippen molar-refractivity contribution in [3.63, 3.8) is 0 Å². The predicted molar refractivity (Wildman–Crippen MR) is 123 cm³/mol. The van der Waals surface area contributed by atoms with Crippen molar-refractivity contribution in [1.29, 1.82) is 0 Å². The second kappa shape index (κ2) is 8.09. The fraction of sp³-hybridized carbons (Fsp3) is 0.192. The molecule has 2 aromatic carbocycles. The Bertz CT molecular complexity index is 1430. The Labute approximate surface area is 189 Å². The second-order valence-corrected chi connectivity index (χ2v) is 8.29. The molecule has 0 saturated heterocycles. The summed E-state index contributed by atoms with van der Waals surface area (Å²) in [7, 11) is 0. The number of nitrogens with zero attached hydrogens (tertiary/aromatic N) is 1. The van der Waals surface area contributed by atoms with E-state index < -0.39 is 24.3 Å². The van der Waals surface area contributed by atoms with Crippen LogP contribution in [0.3, 0.4) is 0 Å². The van der Waals surface area contributed by atoms with E-state index in [0.717, 1.165) is 40.4 Å². The summed E-state index contributed by atoms with van der Waals surface area (Å²) in [6.07, 6.45) is 4.16. The van der Waals surface area contributed by atoms with Crippen LogP contribution >= 0.6 is 0 Å². The van der Waals surface area contributed by atoms with Crippen molar-refractivity contribution in [2.24, 2.45) is 5.73 Å². The van der Waals surface area contributed by atoms with Crippen LogP contribution in [-0.4, -0.2) is 33.8 Å². The van der Waals surface area contributed by atoms with E-state index >= 15 is 0 Å². The van der Waals surface area contributed by atoms with Crippen LogP contribution in [0.5, 0.6) is 5.75 Å². The van der Waals surface area contributed by atoms with Gasteiger partial charge in [-0.25, -0.2) is 4.79 Å². The molecule has 0 unspecified atom stereocenters. The maximum absolute atomic E-state index is 13.0. The van der Waals surface area contributed by atoms with E-state index in [1.807, 2.05) is 28.8 Å². The van der Waals surface area contributed by atoms with Gasteiger partial charge in [-0.1, -0.05) is 42.5 Å². The van der Waals surface area contributed by atoms with Crippen LogP contribution in [0.1, 0.15) is 45.9 Å². The zero-order valence-corrected chi connectivity index (χ0v) is 17.8. The van der Waals surface area contributed by atoms with Gasteiger partial charge in [0.1, 0.15) is 5.75 Å². The molecular formula is C26H22N2O5. The quantitative estimate of drug-likeness (QED) is 0.319. The van der Waals surface area contributed by atoms with Crippen molar-refractivity contribution in [1.82, 2.24) is 4.40 Å². The number of amides is 1. The summed E-state index contributed by atoms with van der Waals surface area (Å²) in [6, 6.07) is 17.6. The van der Waals surface area contributed by atoms with Crippen LogP contribution in [0, 0.1) is 0 Å². The third kappa shape index (κ3) is 3.71. The van der Waals surface area contributed by atoms with E-state index in [-0.39, 0.29) is 17.2 Å². The first-order chi connectivity index (χ1) is 16.0. The minimum absolute atomic E-state index is 0.139. The first-order valence-corrected chi connectivity index (χ1v) is 10.8. The van der Waals surface area contributed by atoms with E-state index in [2.05, 4.69) is 24.3 Å². The number of pyridine rings is 1. The van der Waals surface area contributed by atoms with Gasteiger partial charge in [0, 0.05) is 18.3 Å². The molecule has 166 valence electrons. The summed E-state index contributed by atoms with van der Waals surface area (Å²) in [5.74, 6) is -2.60.